The maximum Gasteiger partial charge on any atom is 0.274 e. The first-order valence-corrected chi connectivity index (χ1v) is 10.2. The summed E-state index contributed by atoms with van der Waals surface area (Å²) in [6.07, 6.45) is 1.66. The number of hydrogen-bond acceptors (Lipinski definition) is 3. The third kappa shape index (κ3) is 4.40. The van der Waals surface area contributed by atoms with Gasteiger partial charge >= 0.3 is 0 Å². The van der Waals surface area contributed by atoms with Crippen LogP contribution in [-0.2, 0) is 6.54 Å². The molecule has 0 aliphatic carbocycles. The first-order valence-electron chi connectivity index (χ1n) is 8.69. The van der Waals surface area contributed by atoms with E-state index in [1.54, 1.807) is 48.7 Å². The monoisotopic (exact) mass is 507 g/mol. The van der Waals surface area contributed by atoms with E-state index in [2.05, 4.69) is 36.5 Å². The Labute approximate surface area is 189 Å². The van der Waals surface area contributed by atoms with Crippen molar-refractivity contribution < 1.29 is 9.18 Å². The Bertz CT molecular complexity index is 1240. The second-order valence-corrected chi connectivity index (χ2v) is 8.06. The van der Waals surface area contributed by atoms with Crippen molar-refractivity contribution in [2.45, 2.75) is 6.54 Å². The summed E-state index contributed by atoms with van der Waals surface area (Å²) in [7, 11) is 0. The molecular formula is C20H13BrCl2FN5O. The smallest absolute Gasteiger partial charge is 0.274 e. The summed E-state index contributed by atoms with van der Waals surface area (Å²) < 4.78 is 16.0. The first kappa shape index (κ1) is 20.6. The minimum absolute atomic E-state index is 0.227. The van der Waals surface area contributed by atoms with Crippen LogP contribution in [0.4, 0.5) is 10.2 Å². The molecule has 0 aliphatic heterocycles. The molecule has 1 amide bonds. The Morgan fingerprint density at radius 2 is 2.00 bits per heavy atom. The number of H-pyrrole nitrogens is 1. The maximum atomic E-state index is 13.9. The number of halogens is 4. The van der Waals surface area contributed by atoms with Gasteiger partial charge in [-0.2, -0.15) is 10.2 Å². The quantitative estimate of drug-likeness (QED) is 0.358. The molecule has 0 fully saturated rings. The van der Waals surface area contributed by atoms with Crippen LogP contribution < -0.4 is 5.32 Å². The van der Waals surface area contributed by atoms with E-state index >= 15 is 0 Å². The molecule has 4 rings (SSSR count). The Morgan fingerprint density at radius 1 is 1.20 bits per heavy atom. The van der Waals surface area contributed by atoms with Gasteiger partial charge in [0, 0.05) is 22.3 Å². The molecule has 2 heterocycles. The zero-order chi connectivity index (χ0) is 21.3. The zero-order valence-electron chi connectivity index (χ0n) is 15.2. The number of carbonyl (C=O) groups excluding carboxylic acids is 1. The van der Waals surface area contributed by atoms with Crippen molar-refractivity contribution in [1.29, 1.82) is 0 Å². The predicted octanol–water partition coefficient (Wildman–Crippen LogP) is 5.78. The summed E-state index contributed by atoms with van der Waals surface area (Å²) >= 11 is 15.5. The van der Waals surface area contributed by atoms with Crippen molar-refractivity contribution in [3.63, 3.8) is 0 Å². The van der Waals surface area contributed by atoms with Crippen molar-refractivity contribution in [2.24, 2.45) is 0 Å². The summed E-state index contributed by atoms with van der Waals surface area (Å²) in [4.78, 5) is 12.6. The number of carbonyl (C=O) groups is 1. The average Bonchev–Trinajstić information content (AvgIpc) is 3.31. The van der Waals surface area contributed by atoms with Crippen molar-refractivity contribution in [2.75, 3.05) is 5.32 Å². The minimum atomic E-state index is -0.435. The van der Waals surface area contributed by atoms with Gasteiger partial charge in [-0.3, -0.25) is 14.6 Å². The van der Waals surface area contributed by atoms with Gasteiger partial charge in [-0.25, -0.2) is 4.39 Å². The van der Waals surface area contributed by atoms with Gasteiger partial charge in [-0.1, -0.05) is 41.4 Å². The summed E-state index contributed by atoms with van der Waals surface area (Å²) in [5.74, 6) is -0.451. The number of aromatic amines is 1. The van der Waals surface area contributed by atoms with E-state index in [9.17, 15) is 9.18 Å². The van der Waals surface area contributed by atoms with Crippen molar-refractivity contribution in [1.82, 2.24) is 20.0 Å². The molecule has 30 heavy (non-hydrogen) atoms. The summed E-state index contributed by atoms with van der Waals surface area (Å²) in [5, 5.41) is 14.8. The molecule has 4 aromatic rings. The Morgan fingerprint density at radius 3 is 2.77 bits per heavy atom. The highest BCUT2D eigenvalue weighted by atomic mass is 79.9. The number of anilines is 1. The zero-order valence-corrected chi connectivity index (χ0v) is 18.3. The highest BCUT2D eigenvalue weighted by molar-refractivity contribution is 9.10. The first-order chi connectivity index (χ1) is 14.4. The molecule has 0 spiro atoms. The number of benzene rings is 2. The van der Waals surface area contributed by atoms with Gasteiger partial charge in [0.05, 0.1) is 21.7 Å². The summed E-state index contributed by atoms with van der Waals surface area (Å²) in [5.41, 5.74) is 1.87. The van der Waals surface area contributed by atoms with Gasteiger partial charge in [-0.15, -0.1) is 0 Å². The highest BCUT2D eigenvalue weighted by Gasteiger charge is 2.16. The highest BCUT2D eigenvalue weighted by Crippen LogP contribution is 2.29. The van der Waals surface area contributed by atoms with Crippen LogP contribution in [0.5, 0.6) is 0 Å². The van der Waals surface area contributed by atoms with Gasteiger partial charge in [-0.05, 0) is 46.3 Å². The van der Waals surface area contributed by atoms with E-state index in [0.29, 0.717) is 37.2 Å². The molecule has 0 bridgehead atoms. The van der Waals surface area contributed by atoms with E-state index < -0.39 is 5.91 Å². The van der Waals surface area contributed by atoms with Crippen LogP contribution in [0.15, 0.2) is 59.2 Å². The third-order valence-corrected chi connectivity index (χ3v) is 5.40. The number of nitrogens with one attached hydrogen (secondary N) is 2. The molecule has 0 atom stereocenters. The lowest BCUT2D eigenvalue weighted by Crippen LogP contribution is -2.13. The van der Waals surface area contributed by atoms with Crippen LogP contribution in [0, 0.1) is 5.82 Å². The average molecular weight is 509 g/mol. The number of rotatable bonds is 5. The summed E-state index contributed by atoms with van der Waals surface area (Å²) in [6, 6.07) is 13.0. The van der Waals surface area contributed by atoms with Crippen LogP contribution in [0.2, 0.25) is 10.0 Å². The second-order valence-electron chi connectivity index (χ2n) is 6.36. The maximum absolute atomic E-state index is 13.9. The summed E-state index contributed by atoms with van der Waals surface area (Å²) in [6.45, 7) is 0.227. The SMILES string of the molecule is O=C(Nc1nn(Cc2ccccc2F)cc1Br)c1cc(-c2ccc(Cl)cc2Cl)n[nH]1. The molecular weight excluding hydrogens is 496 g/mol. The number of aromatic nitrogens is 4. The van der Waals surface area contributed by atoms with Crippen molar-refractivity contribution in [3.05, 3.63) is 86.3 Å². The molecule has 2 aromatic carbocycles. The molecule has 0 unspecified atom stereocenters. The van der Waals surface area contributed by atoms with Gasteiger partial charge in [0.15, 0.2) is 5.82 Å². The fraction of sp³-hybridized carbons (Fsp3) is 0.0500. The van der Waals surface area contributed by atoms with Crippen molar-refractivity contribution in [3.8, 4) is 11.3 Å². The molecule has 2 N–H and O–H groups in total. The molecule has 152 valence electrons. The van der Waals surface area contributed by atoms with Gasteiger partial charge in [0.1, 0.15) is 11.5 Å². The van der Waals surface area contributed by atoms with Crippen molar-refractivity contribution >= 4 is 50.9 Å². The second kappa shape index (κ2) is 8.59. The Hall–Kier alpha value is -2.68. The Balaban J connectivity index is 1.50. The van der Waals surface area contributed by atoms with Crippen LogP contribution >= 0.6 is 39.1 Å². The third-order valence-electron chi connectivity index (χ3n) is 4.27. The molecule has 2 aromatic heterocycles. The normalized spacial score (nSPS) is 10.9. The standard InChI is InChI=1S/C20H13BrCl2FN5O/c21-14-10-29(9-11-3-1-2-4-16(11)24)28-19(14)25-20(30)18-8-17(26-27-18)13-6-5-12(22)7-15(13)23/h1-8,10H,9H2,(H,26,27)(H,25,28,30). The molecule has 6 nitrogen and oxygen atoms in total. The predicted molar refractivity (Wildman–Crippen MR) is 117 cm³/mol. The van der Waals surface area contributed by atoms with Crippen LogP contribution in [0.1, 0.15) is 16.1 Å². The van der Waals surface area contributed by atoms with E-state index in [4.69, 9.17) is 23.2 Å². The largest absolute Gasteiger partial charge is 0.303 e. The Kier molecular flexibility index (Phi) is 5.90. The van der Waals surface area contributed by atoms with E-state index in [1.165, 1.54) is 10.7 Å². The molecule has 0 saturated heterocycles. The lowest BCUT2D eigenvalue weighted by Gasteiger charge is -2.03. The lowest BCUT2D eigenvalue weighted by molar-refractivity contribution is 0.102. The number of amides is 1. The van der Waals surface area contributed by atoms with E-state index in [-0.39, 0.29) is 18.1 Å². The van der Waals surface area contributed by atoms with Gasteiger partial charge < -0.3 is 5.32 Å². The van der Waals surface area contributed by atoms with E-state index in [0.717, 1.165) is 0 Å². The lowest BCUT2D eigenvalue weighted by atomic mass is 10.1. The van der Waals surface area contributed by atoms with Gasteiger partial charge in [0.25, 0.3) is 5.91 Å². The number of nitrogens with zero attached hydrogens (tertiary/aromatic N) is 3. The topological polar surface area (TPSA) is 75.6 Å². The number of hydrogen-bond donors (Lipinski definition) is 2. The molecule has 0 aliphatic rings. The molecule has 0 radical (unpaired) electrons. The fourth-order valence-electron chi connectivity index (χ4n) is 2.81. The van der Waals surface area contributed by atoms with Crippen LogP contribution in [0.3, 0.4) is 0 Å². The molecule has 0 saturated carbocycles. The van der Waals surface area contributed by atoms with Gasteiger partial charge in [0.2, 0.25) is 0 Å². The fourth-order valence-corrected chi connectivity index (χ4v) is 3.73. The van der Waals surface area contributed by atoms with Crippen LogP contribution in [-0.4, -0.2) is 25.9 Å². The molecule has 10 heteroatoms. The van der Waals surface area contributed by atoms with E-state index in [1.807, 2.05) is 0 Å². The van der Waals surface area contributed by atoms with Crippen LogP contribution in [0.25, 0.3) is 11.3 Å². The minimum Gasteiger partial charge on any atom is -0.303 e.